The first-order valence-electron chi connectivity index (χ1n) is 9.35. The molecule has 0 aliphatic heterocycles. The first kappa shape index (κ1) is 20.6. The van der Waals surface area contributed by atoms with Gasteiger partial charge < -0.3 is 9.13 Å². The van der Waals surface area contributed by atoms with Gasteiger partial charge in [-0.1, -0.05) is 6.08 Å². The molecule has 0 radical (unpaired) electrons. The first-order chi connectivity index (χ1) is 14.1. The van der Waals surface area contributed by atoms with Crippen molar-refractivity contribution >= 4 is 28.2 Å². The number of fused-ring (bicyclic) bond motifs is 1. The van der Waals surface area contributed by atoms with E-state index >= 15 is 0 Å². The third-order valence-corrected chi connectivity index (χ3v) is 5.17. The number of aromatic nitrogens is 5. The Morgan fingerprint density at radius 2 is 2.03 bits per heavy atom. The van der Waals surface area contributed by atoms with Crippen molar-refractivity contribution < 1.29 is 17.6 Å². The van der Waals surface area contributed by atoms with Crippen molar-refractivity contribution in [2.75, 3.05) is 0 Å². The van der Waals surface area contributed by atoms with Crippen molar-refractivity contribution in [2.45, 2.75) is 39.0 Å². The van der Waals surface area contributed by atoms with Gasteiger partial charge in [0.15, 0.2) is 5.69 Å². The Balaban J connectivity index is 1.61. The predicted octanol–water partition coefficient (Wildman–Crippen LogP) is 5.84. The quantitative estimate of drug-likeness (QED) is 0.379. The third-order valence-electron chi connectivity index (χ3n) is 4.99. The van der Waals surface area contributed by atoms with E-state index in [1.165, 1.54) is 10.6 Å². The highest BCUT2D eigenvalue weighted by Gasteiger charge is 2.36. The first-order valence-corrected chi connectivity index (χ1v) is 9.73. The summed E-state index contributed by atoms with van der Waals surface area (Å²) in [5, 5.41) is 0.936. The summed E-state index contributed by atoms with van der Waals surface area (Å²) < 4.78 is 57.5. The average Bonchev–Trinajstić information content (AvgIpc) is 3.27. The Labute approximate surface area is 174 Å². The van der Waals surface area contributed by atoms with Gasteiger partial charge in [-0.25, -0.2) is 14.4 Å². The molecule has 3 heterocycles. The van der Waals surface area contributed by atoms with Crippen LogP contribution in [0.15, 0.2) is 42.6 Å². The number of imidazole rings is 1. The van der Waals surface area contributed by atoms with Crippen LogP contribution in [-0.4, -0.2) is 24.1 Å². The van der Waals surface area contributed by atoms with Crippen molar-refractivity contribution in [2.24, 2.45) is 5.92 Å². The minimum absolute atomic E-state index is 0.0181. The topological polar surface area (TPSA) is 48.5 Å². The number of rotatable bonds is 4. The molecule has 30 heavy (non-hydrogen) atoms. The average molecular weight is 440 g/mol. The van der Waals surface area contributed by atoms with Crippen molar-refractivity contribution in [3.8, 4) is 0 Å². The van der Waals surface area contributed by atoms with Crippen LogP contribution in [-0.2, 0) is 12.7 Å². The lowest BCUT2D eigenvalue weighted by Crippen LogP contribution is -2.13. The molecule has 0 saturated heterocycles. The Hall–Kier alpha value is -2.68. The molecule has 4 rings (SSSR count). The zero-order chi connectivity index (χ0) is 21.6. The van der Waals surface area contributed by atoms with Crippen LogP contribution in [0.3, 0.4) is 0 Å². The standard InChI is InChI=1S/C20H18ClF4N5/c1-11(2)30-10-16(20(23,24)25)27-18(30)14-4-3-12(7-15(14)22)9-29-6-5-13-8-26-19(21)28-17(13)29/h4-8,10-12H,3,9H2,1-2H3. The summed E-state index contributed by atoms with van der Waals surface area (Å²) in [6.07, 6.45) is 3.25. The zero-order valence-corrected chi connectivity index (χ0v) is 16.9. The maximum absolute atomic E-state index is 14.9. The molecule has 0 N–H and O–H groups in total. The molecule has 3 aromatic rings. The zero-order valence-electron chi connectivity index (χ0n) is 16.2. The minimum atomic E-state index is -4.59. The van der Waals surface area contributed by atoms with Crippen molar-refractivity contribution in [3.63, 3.8) is 0 Å². The molecule has 0 bridgehead atoms. The van der Waals surface area contributed by atoms with E-state index in [1.54, 1.807) is 26.1 Å². The summed E-state index contributed by atoms with van der Waals surface area (Å²) >= 11 is 5.87. The van der Waals surface area contributed by atoms with Crippen molar-refractivity contribution in [1.29, 1.82) is 0 Å². The van der Waals surface area contributed by atoms with E-state index in [1.807, 2.05) is 16.8 Å². The van der Waals surface area contributed by atoms with Crippen LogP contribution in [0.25, 0.3) is 16.6 Å². The van der Waals surface area contributed by atoms with Crippen LogP contribution in [0, 0.1) is 5.92 Å². The van der Waals surface area contributed by atoms with E-state index in [0.29, 0.717) is 18.6 Å². The molecule has 0 fully saturated rings. The van der Waals surface area contributed by atoms with Gasteiger partial charge in [-0.2, -0.15) is 18.2 Å². The molecule has 10 heteroatoms. The van der Waals surface area contributed by atoms with E-state index < -0.39 is 17.7 Å². The van der Waals surface area contributed by atoms with Gasteiger partial charge in [-0.05, 0) is 44.0 Å². The molecule has 3 aromatic heterocycles. The van der Waals surface area contributed by atoms with E-state index in [-0.39, 0.29) is 28.6 Å². The van der Waals surface area contributed by atoms with Gasteiger partial charge in [0.1, 0.15) is 17.3 Å². The van der Waals surface area contributed by atoms with E-state index in [9.17, 15) is 17.6 Å². The summed E-state index contributed by atoms with van der Waals surface area (Å²) in [5.41, 5.74) is -0.306. The second-order valence-electron chi connectivity index (χ2n) is 7.46. The highest BCUT2D eigenvalue weighted by molar-refractivity contribution is 6.28. The molecule has 1 aliphatic rings. The molecule has 1 unspecified atom stereocenters. The van der Waals surface area contributed by atoms with Crippen LogP contribution in [0.2, 0.25) is 5.28 Å². The van der Waals surface area contributed by atoms with Gasteiger partial charge in [0.2, 0.25) is 5.28 Å². The number of allylic oxidation sites excluding steroid dienone is 4. The van der Waals surface area contributed by atoms with Crippen LogP contribution < -0.4 is 0 Å². The molecule has 0 amide bonds. The van der Waals surface area contributed by atoms with Crippen LogP contribution in [0.4, 0.5) is 17.6 Å². The summed E-state index contributed by atoms with van der Waals surface area (Å²) in [4.78, 5) is 11.8. The van der Waals surface area contributed by atoms with Crippen LogP contribution in [0.5, 0.6) is 0 Å². The molecule has 158 valence electrons. The number of halogens is 5. The van der Waals surface area contributed by atoms with Gasteiger partial charge in [-0.15, -0.1) is 0 Å². The number of nitrogens with zero attached hydrogens (tertiary/aromatic N) is 5. The lowest BCUT2D eigenvalue weighted by molar-refractivity contribution is -0.141. The van der Waals surface area contributed by atoms with Crippen molar-refractivity contribution in [1.82, 2.24) is 24.1 Å². The van der Waals surface area contributed by atoms with E-state index in [0.717, 1.165) is 11.6 Å². The number of hydrogen-bond donors (Lipinski definition) is 0. The largest absolute Gasteiger partial charge is 0.434 e. The van der Waals surface area contributed by atoms with Gasteiger partial charge in [0.05, 0.1) is 0 Å². The summed E-state index contributed by atoms with van der Waals surface area (Å²) in [6.45, 7) is 3.90. The lowest BCUT2D eigenvalue weighted by atomic mass is 9.95. The maximum atomic E-state index is 14.9. The second-order valence-corrected chi connectivity index (χ2v) is 7.80. The van der Waals surface area contributed by atoms with Gasteiger partial charge in [0, 0.05) is 48.1 Å². The molecule has 0 spiro atoms. The predicted molar refractivity (Wildman–Crippen MR) is 105 cm³/mol. The minimum Gasteiger partial charge on any atom is -0.332 e. The van der Waals surface area contributed by atoms with Gasteiger partial charge in [-0.3, -0.25) is 0 Å². The molecule has 0 saturated carbocycles. The molecule has 5 nitrogen and oxygen atoms in total. The fraction of sp³-hybridized carbons (Fsp3) is 0.350. The summed E-state index contributed by atoms with van der Waals surface area (Å²) in [6, 6.07) is 1.54. The Morgan fingerprint density at radius 1 is 1.27 bits per heavy atom. The molecule has 0 aromatic carbocycles. The monoisotopic (exact) mass is 439 g/mol. The molecular formula is C20H18ClF4N5. The normalized spacial score (nSPS) is 17.5. The number of hydrogen-bond acceptors (Lipinski definition) is 3. The SMILES string of the molecule is CC(C)n1cc(C(F)(F)F)nc1C1=CCC(Cn2ccc3cnc(Cl)nc32)C=C1F. The van der Waals surface area contributed by atoms with Crippen LogP contribution in [0.1, 0.15) is 37.8 Å². The van der Waals surface area contributed by atoms with Gasteiger partial charge in [0.25, 0.3) is 0 Å². The highest BCUT2D eigenvalue weighted by Crippen LogP contribution is 2.36. The van der Waals surface area contributed by atoms with Crippen LogP contribution >= 0.6 is 11.6 Å². The Kier molecular flexibility index (Phi) is 5.17. The fourth-order valence-corrected chi connectivity index (χ4v) is 3.66. The molecular weight excluding hydrogens is 422 g/mol. The maximum Gasteiger partial charge on any atom is 0.434 e. The second kappa shape index (κ2) is 7.54. The summed E-state index contributed by atoms with van der Waals surface area (Å²) in [5.74, 6) is -0.797. The number of alkyl halides is 3. The third kappa shape index (κ3) is 3.86. The molecule has 1 atom stereocenters. The highest BCUT2D eigenvalue weighted by atomic mass is 35.5. The fourth-order valence-electron chi connectivity index (χ4n) is 3.53. The Morgan fingerprint density at radius 3 is 2.70 bits per heavy atom. The lowest BCUT2D eigenvalue weighted by Gasteiger charge is -2.20. The van der Waals surface area contributed by atoms with E-state index in [4.69, 9.17) is 11.6 Å². The van der Waals surface area contributed by atoms with Gasteiger partial charge >= 0.3 is 6.18 Å². The smallest absolute Gasteiger partial charge is 0.332 e. The Bertz CT molecular complexity index is 1160. The molecule has 1 aliphatic carbocycles. The van der Waals surface area contributed by atoms with E-state index in [2.05, 4.69) is 15.0 Å². The summed E-state index contributed by atoms with van der Waals surface area (Å²) in [7, 11) is 0. The van der Waals surface area contributed by atoms with Crippen molar-refractivity contribution in [3.05, 3.63) is 59.4 Å².